The van der Waals surface area contributed by atoms with Gasteiger partial charge in [0.05, 0.1) is 12.6 Å². The maximum Gasteiger partial charge on any atom is 0.333 e. The molecule has 0 unspecified atom stereocenters. The Bertz CT molecular complexity index is 1090. The molecule has 156 valence electrons. The van der Waals surface area contributed by atoms with Crippen molar-refractivity contribution in [3.05, 3.63) is 81.3 Å². The lowest BCUT2D eigenvalue weighted by Gasteiger charge is -2.24. The Morgan fingerprint density at radius 3 is 2.47 bits per heavy atom. The van der Waals surface area contributed by atoms with Crippen molar-refractivity contribution in [2.75, 3.05) is 6.54 Å². The molecule has 1 aromatic heterocycles. The molecular weight excluding hydrogens is 414 g/mol. The van der Waals surface area contributed by atoms with E-state index in [0.29, 0.717) is 5.02 Å². The minimum atomic E-state index is -1.73. The zero-order chi connectivity index (χ0) is 21.7. The van der Waals surface area contributed by atoms with E-state index in [9.17, 15) is 19.5 Å². The van der Waals surface area contributed by atoms with Crippen LogP contribution in [0.15, 0.2) is 63.9 Å². The van der Waals surface area contributed by atoms with Crippen molar-refractivity contribution >= 4 is 23.5 Å². The number of hydrogen-bond donors (Lipinski definition) is 4. The Labute approximate surface area is 175 Å². The van der Waals surface area contributed by atoms with Gasteiger partial charge in [-0.05, 0) is 28.8 Å². The summed E-state index contributed by atoms with van der Waals surface area (Å²) in [6, 6.07) is 15.7. The highest BCUT2D eigenvalue weighted by atomic mass is 35.5. The van der Waals surface area contributed by atoms with Crippen LogP contribution < -0.4 is 11.0 Å². The number of aliphatic hydroxyl groups excluding tert-OH is 1. The quantitative estimate of drug-likeness (QED) is 0.400. The monoisotopic (exact) mass is 431 g/mol. The van der Waals surface area contributed by atoms with E-state index in [1.165, 1.54) is 5.01 Å². The number of benzene rings is 2. The summed E-state index contributed by atoms with van der Waals surface area (Å²) in [4.78, 5) is 34.4. The molecule has 1 amide bonds. The van der Waals surface area contributed by atoms with E-state index in [-0.39, 0.29) is 18.8 Å². The van der Waals surface area contributed by atoms with Crippen LogP contribution in [0.4, 0.5) is 0 Å². The third-order valence-corrected chi connectivity index (χ3v) is 4.41. The summed E-state index contributed by atoms with van der Waals surface area (Å²) in [5.74, 6) is -2.47. The molecule has 0 aliphatic carbocycles. The summed E-state index contributed by atoms with van der Waals surface area (Å²) in [6.07, 6.45) is -1.73. The van der Waals surface area contributed by atoms with E-state index >= 15 is 0 Å². The van der Waals surface area contributed by atoms with Gasteiger partial charge in [0.15, 0.2) is 6.10 Å². The number of aromatic amines is 1. The molecule has 1 heterocycles. The SMILES string of the molecule is O=C(NN(Cc1ccc(-c2cccc(Cl)c2)cc1)C[C@@H](O)C(=O)O)c1cc(=O)[nH]o1. The minimum Gasteiger partial charge on any atom is -0.479 e. The number of nitrogens with zero attached hydrogens (tertiary/aromatic N) is 1. The first-order chi connectivity index (χ1) is 14.3. The molecule has 0 fully saturated rings. The second kappa shape index (κ2) is 9.40. The molecule has 2 aromatic carbocycles. The molecule has 9 nitrogen and oxygen atoms in total. The summed E-state index contributed by atoms with van der Waals surface area (Å²) >= 11 is 6.02. The molecule has 0 spiro atoms. The molecule has 3 aromatic rings. The van der Waals surface area contributed by atoms with E-state index in [2.05, 4.69) is 5.43 Å². The molecule has 0 radical (unpaired) electrons. The molecule has 0 aliphatic heterocycles. The van der Waals surface area contributed by atoms with Gasteiger partial charge in [-0.15, -0.1) is 0 Å². The summed E-state index contributed by atoms with van der Waals surface area (Å²) in [5, 5.41) is 22.5. The first kappa shape index (κ1) is 21.3. The lowest BCUT2D eigenvalue weighted by atomic mass is 10.0. The first-order valence-corrected chi connectivity index (χ1v) is 9.20. The number of H-pyrrole nitrogens is 1. The van der Waals surface area contributed by atoms with Crippen LogP contribution in [0.25, 0.3) is 11.1 Å². The standard InChI is InChI=1S/C20H18ClN3O6/c21-15-3-1-2-14(8-15)13-6-4-12(5-7-13)10-24(11-16(25)20(28)29)22-19(27)17-9-18(26)23-30-17/h1-9,16,25H,10-11H2,(H,22,27)(H,23,26)(H,28,29)/t16-/m1/s1. The second-order valence-electron chi connectivity index (χ2n) is 6.46. The summed E-state index contributed by atoms with van der Waals surface area (Å²) in [5.41, 5.74) is 4.45. The lowest BCUT2D eigenvalue weighted by molar-refractivity contribution is -0.148. The molecule has 4 N–H and O–H groups in total. The number of halogens is 1. The first-order valence-electron chi connectivity index (χ1n) is 8.82. The molecule has 0 aliphatic rings. The maximum atomic E-state index is 12.2. The fourth-order valence-corrected chi connectivity index (χ4v) is 2.91. The molecule has 30 heavy (non-hydrogen) atoms. The molecule has 1 atom stereocenters. The number of carboxylic acid groups (broad SMARTS) is 1. The summed E-state index contributed by atoms with van der Waals surface area (Å²) in [6.45, 7) is -0.285. The number of aromatic nitrogens is 1. The van der Waals surface area contributed by atoms with Gasteiger partial charge in [0, 0.05) is 11.6 Å². The Kier molecular flexibility index (Phi) is 6.68. The Hall–Kier alpha value is -3.40. The van der Waals surface area contributed by atoms with Crippen LogP contribution in [0.3, 0.4) is 0 Å². The molecule has 0 saturated heterocycles. The minimum absolute atomic E-state index is 0.0978. The van der Waals surface area contributed by atoms with Crippen LogP contribution in [-0.4, -0.2) is 44.9 Å². The van der Waals surface area contributed by atoms with Gasteiger partial charge in [0.2, 0.25) is 5.76 Å². The molecule has 3 rings (SSSR count). The number of rotatable bonds is 8. The predicted octanol–water partition coefficient (Wildman–Crippen LogP) is 1.88. The van der Waals surface area contributed by atoms with Gasteiger partial charge in [-0.2, -0.15) is 5.16 Å². The van der Waals surface area contributed by atoms with E-state index in [1.54, 1.807) is 18.2 Å². The zero-order valence-corrected chi connectivity index (χ0v) is 16.3. The van der Waals surface area contributed by atoms with Gasteiger partial charge < -0.3 is 14.7 Å². The number of amides is 1. The highest BCUT2D eigenvalue weighted by Crippen LogP contribution is 2.23. The van der Waals surface area contributed by atoms with Crippen molar-refractivity contribution in [1.29, 1.82) is 0 Å². The fourth-order valence-electron chi connectivity index (χ4n) is 2.72. The highest BCUT2D eigenvalue weighted by molar-refractivity contribution is 6.30. The average molecular weight is 432 g/mol. The van der Waals surface area contributed by atoms with Crippen LogP contribution in [0, 0.1) is 0 Å². The number of aliphatic carboxylic acids is 1. The molecule has 0 saturated carbocycles. The van der Waals surface area contributed by atoms with Gasteiger partial charge in [0.1, 0.15) is 0 Å². The van der Waals surface area contributed by atoms with Crippen molar-refractivity contribution in [2.24, 2.45) is 0 Å². The number of carbonyl (C=O) groups is 2. The topological polar surface area (TPSA) is 136 Å². The van der Waals surface area contributed by atoms with E-state index in [4.69, 9.17) is 21.2 Å². The molecular formula is C20H18ClN3O6. The van der Waals surface area contributed by atoms with Gasteiger partial charge in [-0.3, -0.25) is 15.0 Å². The lowest BCUT2D eigenvalue weighted by Crippen LogP contribution is -2.47. The average Bonchev–Trinajstić information content (AvgIpc) is 3.15. The van der Waals surface area contributed by atoms with Gasteiger partial charge in [-0.1, -0.05) is 48.0 Å². The van der Waals surface area contributed by atoms with E-state index in [1.807, 2.05) is 35.5 Å². The highest BCUT2D eigenvalue weighted by Gasteiger charge is 2.22. The van der Waals surface area contributed by atoms with Gasteiger partial charge in [0.25, 0.3) is 5.56 Å². The van der Waals surface area contributed by atoms with Crippen LogP contribution in [-0.2, 0) is 11.3 Å². The smallest absolute Gasteiger partial charge is 0.333 e. The zero-order valence-electron chi connectivity index (χ0n) is 15.5. The number of hydrogen-bond acceptors (Lipinski definition) is 6. The third-order valence-electron chi connectivity index (χ3n) is 4.17. The van der Waals surface area contributed by atoms with E-state index < -0.39 is 23.5 Å². The van der Waals surface area contributed by atoms with Gasteiger partial charge >= 0.3 is 11.9 Å². The second-order valence-corrected chi connectivity index (χ2v) is 6.90. The number of carboxylic acids is 1. The Balaban J connectivity index is 1.75. The van der Waals surface area contributed by atoms with E-state index in [0.717, 1.165) is 22.8 Å². The van der Waals surface area contributed by atoms with Crippen molar-refractivity contribution in [2.45, 2.75) is 12.6 Å². The van der Waals surface area contributed by atoms with Gasteiger partial charge in [-0.25, -0.2) is 9.80 Å². The molecule has 10 heteroatoms. The van der Waals surface area contributed by atoms with Crippen molar-refractivity contribution in [3.8, 4) is 11.1 Å². The number of hydrazine groups is 1. The summed E-state index contributed by atoms with van der Waals surface area (Å²) in [7, 11) is 0. The van der Waals surface area contributed by atoms with Crippen LogP contribution in [0.5, 0.6) is 0 Å². The van der Waals surface area contributed by atoms with Crippen molar-refractivity contribution < 1.29 is 24.3 Å². The number of carbonyl (C=O) groups excluding carboxylic acids is 1. The Morgan fingerprint density at radius 2 is 1.87 bits per heavy atom. The normalized spacial score (nSPS) is 12.0. The van der Waals surface area contributed by atoms with Crippen LogP contribution >= 0.6 is 11.6 Å². The Morgan fingerprint density at radius 1 is 1.13 bits per heavy atom. The maximum absolute atomic E-state index is 12.2. The van der Waals surface area contributed by atoms with Crippen molar-refractivity contribution in [1.82, 2.24) is 15.6 Å². The number of nitrogens with one attached hydrogen (secondary N) is 2. The van der Waals surface area contributed by atoms with Crippen LogP contribution in [0.1, 0.15) is 16.1 Å². The largest absolute Gasteiger partial charge is 0.479 e. The number of aliphatic hydroxyl groups is 1. The predicted molar refractivity (Wildman–Crippen MR) is 108 cm³/mol. The fraction of sp³-hybridized carbons (Fsp3) is 0.150. The third kappa shape index (κ3) is 5.57. The molecule has 0 bridgehead atoms. The van der Waals surface area contributed by atoms with Crippen molar-refractivity contribution in [3.63, 3.8) is 0 Å². The van der Waals surface area contributed by atoms with Crippen LogP contribution in [0.2, 0.25) is 5.02 Å². The summed E-state index contributed by atoms with van der Waals surface area (Å²) < 4.78 is 4.74.